The van der Waals surface area contributed by atoms with Crippen LogP contribution in [0, 0.1) is 5.92 Å². The molecule has 2 saturated heterocycles. The maximum absolute atomic E-state index is 12.5. The Labute approximate surface area is 150 Å². The van der Waals surface area contributed by atoms with Crippen LogP contribution in [0.3, 0.4) is 0 Å². The first-order valence-corrected chi connectivity index (χ1v) is 9.55. The molecule has 0 unspecified atom stereocenters. The van der Waals surface area contributed by atoms with Crippen LogP contribution in [-0.4, -0.2) is 48.9 Å². The van der Waals surface area contributed by atoms with Crippen LogP contribution in [-0.2, 0) is 16.0 Å². The van der Waals surface area contributed by atoms with Gasteiger partial charge in [0.2, 0.25) is 11.8 Å². The Kier molecular flexibility index (Phi) is 6.45. The molecule has 2 N–H and O–H groups in total. The molecule has 5 nitrogen and oxygen atoms in total. The standard InChI is InChI=1S/C20H29N3O2/c24-19(11-10-16-6-2-1-3-7-16)23-13-5-8-17(15-23)14-22-20(25)18-9-4-12-21-18/h1-3,6-7,17-18,21H,4-5,8-15H2,(H,22,25)/t17-,18+/m0/s1. The van der Waals surface area contributed by atoms with E-state index in [1.807, 2.05) is 23.1 Å². The summed E-state index contributed by atoms with van der Waals surface area (Å²) in [5, 5.41) is 6.30. The second-order valence-electron chi connectivity index (χ2n) is 7.23. The van der Waals surface area contributed by atoms with E-state index >= 15 is 0 Å². The van der Waals surface area contributed by atoms with Crippen LogP contribution in [0.15, 0.2) is 30.3 Å². The SMILES string of the molecule is O=C(NC[C@@H]1CCCN(C(=O)CCc2ccccc2)C1)[C@H]1CCCN1. The summed E-state index contributed by atoms with van der Waals surface area (Å²) in [6.07, 6.45) is 5.48. The first-order valence-electron chi connectivity index (χ1n) is 9.55. The fourth-order valence-electron chi connectivity index (χ4n) is 3.79. The molecule has 25 heavy (non-hydrogen) atoms. The molecule has 0 radical (unpaired) electrons. The molecule has 2 aliphatic heterocycles. The zero-order chi connectivity index (χ0) is 17.5. The fourth-order valence-corrected chi connectivity index (χ4v) is 3.79. The average molecular weight is 343 g/mol. The maximum atomic E-state index is 12.5. The fraction of sp³-hybridized carbons (Fsp3) is 0.600. The molecule has 2 amide bonds. The van der Waals surface area contributed by atoms with Gasteiger partial charge in [-0.1, -0.05) is 30.3 Å². The quantitative estimate of drug-likeness (QED) is 0.827. The topological polar surface area (TPSA) is 61.4 Å². The van der Waals surface area contributed by atoms with E-state index in [0.717, 1.165) is 51.7 Å². The van der Waals surface area contributed by atoms with Gasteiger partial charge in [0.25, 0.3) is 0 Å². The van der Waals surface area contributed by atoms with Gasteiger partial charge in [0, 0.05) is 26.1 Å². The van der Waals surface area contributed by atoms with E-state index in [0.29, 0.717) is 18.9 Å². The molecule has 0 bridgehead atoms. The zero-order valence-electron chi connectivity index (χ0n) is 14.9. The molecule has 2 aliphatic rings. The second-order valence-corrected chi connectivity index (χ2v) is 7.23. The number of rotatable bonds is 6. The van der Waals surface area contributed by atoms with Crippen LogP contribution in [0.4, 0.5) is 0 Å². The van der Waals surface area contributed by atoms with Gasteiger partial charge < -0.3 is 15.5 Å². The summed E-state index contributed by atoms with van der Waals surface area (Å²) in [6, 6.07) is 10.1. The Hall–Kier alpha value is -1.88. The van der Waals surface area contributed by atoms with Gasteiger partial charge in [-0.15, -0.1) is 0 Å². The van der Waals surface area contributed by atoms with Crippen LogP contribution < -0.4 is 10.6 Å². The number of piperidine rings is 1. The van der Waals surface area contributed by atoms with Crippen molar-refractivity contribution in [3.8, 4) is 0 Å². The second kappa shape index (κ2) is 8.99. The lowest BCUT2D eigenvalue weighted by molar-refractivity contribution is -0.132. The Bertz CT molecular complexity index is 570. The third-order valence-corrected chi connectivity index (χ3v) is 5.28. The number of amides is 2. The summed E-state index contributed by atoms with van der Waals surface area (Å²) in [5.74, 6) is 0.724. The number of nitrogens with zero attached hydrogens (tertiary/aromatic N) is 1. The minimum absolute atomic E-state index is 0.0211. The molecule has 1 aromatic rings. The van der Waals surface area contributed by atoms with Crippen molar-refractivity contribution in [1.82, 2.24) is 15.5 Å². The molecule has 0 aliphatic carbocycles. The van der Waals surface area contributed by atoms with Gasteiger partial charge in [0.15, 0.2) is 0 Å². The molecule has 0 spiro atoms. The van der Waals surface area contributed by atoms with E-state index < -0.39 is 0 Å². The van der Waals surface area contributed by atoms with Crippen molar-refractivity contribution in [1.29, 1.82) is 0 Å². The number of carbonyl (C=O) groups is 2. The molecule has 2 heterocycles. The van der Waals surface area contributed by atoms with Gasteiger partial charge in [-0.3, -0.25) is 9.59 Å². The highest BCUT2D eigenvalue weighted by Gasteiger charge is 2.26. The number of nitrogens with one attached hydrogen (secondary N) is 2. The Morgan fingerprint density at radius 1 is 1.16 bits per heavy atom. The number of likely N-dealkylation sites (tertiary alicyclic amines) is 1. The largest absolute Gasteiger partial charge is 0.354 e. The van der Waals surface area contributed by atoms with E-state index in [2.05, 4.69) is 22.8 Å². The van der Waals surface area contributed by atoms with Crippen LogP contribution in [0.25, 0.3) is 0 Å². The van der Waals surface area contributed by atoms with Crippen molar-refractivity contribution in [2.24, 2.45) is 5.92 Å². The summed E-state index contributed by atoms with van der Waals surface area (Å²) in [6.45, 7) is 3.24. The molecule has 0 saturated carbocycles. The van der Waals surface area contributed by atoms with Crippen LogP contribution in [0.5, 0.6) is 0 Å². The number of hydrogen-bond acceptors (Lipinski definition) is 3. The average Bonchev–Trinajstić information content (AvgIpc) is 3.20. The molecule has 3 rings (SSSR count). The van der Waals surface area contributed by atoms with Gasteiger partial charge in [-0.05, 0) is 50.1 Å². The van der Waals surface area contributed by atoms with Gasteiger partial charge >= 0.3 is 0 Å². The normalized spacial score (nSPS) is 23.4. The highest BCUT2D eigenvalue weighted by molar-refractivity contribution is 5.82. The minimum Gasteiger partial charge on any atom is -0.354 e. The highest BCUT2D eigenvalue weighted by Crippen LogP contribution is 2.17. The molecule has 0 aromatic heterocycles. The summed E-state index contributed by atoms with van der Waals surface area (Å²) in [7, 11) is 0. The Balaban J connectivity index is 1.40. The Morgan fingerprint density at radius 2 is 2.00 bits per heavy atom. The minimum atomic E-state index is -0.0211. The first kappa shape index (κ1) is 17.9. The predicted molar refractivity (Wildman–Crippen MR) is 98.1 cm³/mol. The van der Waals surface area contributed by atoms with Gasteiger partial charge in [0.05, 0.1) is 6.04 Å². The van der Waals surface area contributed by atoms with E-state index in [4.69, 9.17) is 0 Å². The maximum Gasteiger partial charge on any atom is 0.237 e. The number of carbonyl (C=O) groups excluding carboxylic acids is 2. The van der Waals surface area contributed by atoms with Crippen LogP contribution in [0.2, 0.25) is 0 Å². The zero-order valence-corrected chi connectivity index (χ0v) is 14.9. The monoisotopic (exact) mass is 343 g/mol. The molecule has 2 fully saturated rings. The third-order valence-electron chi connectivity index (χ3n) is 5.28. The lowest BCUT2D eigenvalue weighted by Gasteiger charge is -2.33. The van der Waals surface area contributed by atoms with Crippen molar-refractivity contribution in [3.63, 3.8) is 0 Å². The number of aryl methyl sites for hydroxylation is 1. The molecular weight excluding hydrogens is 314 g/mol. The lowest BCUT2D eigenvalue weighted by Crippen LogP contribution is -2.46. The van der Waals surface area contributed by atoms with Crippen molar-refractivity contribution >= 4 is 11.8 Å². The van der Waals surface area contributed by atoms with Crippen molar-refractivity contribution in [3.05, 3.63) is 35.9 Å². The molecule has 2 atom stereocenters. The number of benzene rings is 1. The van der Waals surface area contributed by atoms with E-state index in [1.165, 1.54) is 5.56 Å². The molecule has 1 aromatic carbocycles. The van der Waals surface area contributed by atoms with E-state index in [1.54, 1.807) is 0 Å². The summed E-state index contributed by atoms with van der Waals surface area (Å²) < 4.78 is 0. The van der Waals surface area contributed by atoms with Crippen molar-refractivity contribution in [2.45, 2.75) is 44.6 Å². The molecule has 136 valence electrons. The van der Waals surface area contributed by atoms with Gasteiger partial charge in [-0.2, -0.15) is 0 Å². The Morgan fingerprint density at radius 3 is 2.76 bits per heavy atom. The molecule has 5 heteroatoms. The van der Waals surface area contributed by atoms with Gasteiger partial charge in [0.1, 0.15) is 0 Å². The summed E-state index contributed by atoms with van der Waals surface area (Å²) >= 11 is 0. The van der Waals surface area contributed by atoms with Crippen molar-refractivity contribution < 1.29 is 9.59 Å². The van der Waals surface area contributed by atoms with Crippen LogP contribution >= 0.6 is 0 Å². The van der Waals surface area contributed by atoms with E-state index in [-0.39, 0.29) is 17.9 Å². The van der Waals surface area contributed by atoms with Crippen LogP contribution in [0.1, 0.15) is 37.7 Å². The lowest BCUT2D eigenvalue weighted by atomic mass is 9.97. The number of hydrogen-bond donors (Lipinski definition) is 2. The van der Waals surface area contributed by atoms with Gasteiger partial charge in [-0.25, -0.2) is 0 Å². The smallest absolute Gasteiger partial charge is 0.237 e. The first-order chi connectivity index (χ1) is 12.2. The van der Waals surface area contributed by atoms with Crippen molar-refractivity contribution in [2.75, 3.05) is 26.2 Å². The highest BCUT2D eigenvalue weighted by atomic mass is 16.2. The summed E-state index contributed by atoms with van der Waals surface area (Å²) in [4.78, 5) is 26.6. The summed E-state index contributed by atoms with van der Waals surface area (Å²) in [5.41, 5.74) is 1.21. The third kappa shape index (κ3) is 5.30. The predicted octanol–water partition coefficient (Wildman–Crippen LogP) is 1.73. The molecular formula is C20H29N3O2. The van der Waals surface area contributed by atoms with E-state index in [9.17, 15) is 9.59 Å².